The number of halogens is 1. The first-order valence-corrected chi connectivity index (χ1v) is 10.3. The Kier molecular flexibility index (Phi) is 5.31. The van der Waals surface area contributed by atoms with E-state index in [0.717, 1.165) is 21.5 Å². The van der Waals surface area contributed by atoms with E-state index in [1.54, 1.807) is 22.7 Å². The number of carbonyl (C=O) groups is 2. The van der Waals surface area contributed by atoms with Gasteiger partial charge in [-0.1, -0.05) is 18.2 Å². The highest BCUT2D eigenvalue weighted by atomic mass is 32.1. The van der Waals surface area contributed by atoms with E-state index in [1.165, 1.54) is 23.2 Å². The summed E-state index contributed by atoms with van der Waals surface area (Å²) in [6.45, 7) is -0.460. The lowest BCUT2D eigenvalue weighted by atomic mass is 10.1. The highest BCUT2D eigenvalue weighted by Crippen LogP contribution is 2.35. The quantitative estimate of drug-likeness (QED) is 0.578. The topological polar surface area (TPSA) is 59.0 Å². The van der Waals surface area contributed by atoms with Gasteiger partial charge in [0.25, 0.3) is 5.91 Å². The van der Waals surface area contributed by atoms with Gasteiger partial charge in [0.1, 0.15) is 5.82 Å². The molecule has 0 aliphatic carbocycles. The van der Waals surface area contributed by atoms with Crippen molar-refractivity contribution in [3.05, 3.63) is 80.4 Å². The number of nitrogens with zero attached hydrogens (tertiary/aromatic N) is 2. The Balaban J connectivity index is 1.49. The maximum Gasteiger partial charge on any atom is 0.338 e. The SMILES string of the molecule is O=C(OCC(=O)N1N=C(c2cccs2)CC1c1cccs1)c1cccc(F)c1. The van der Waals surface area contributed by atoms with Crippen molar-refractivity contribution in [2.75, 3.05) is 6.61 Å². The lowest BCUT2D eigenvalue weighted by Gasteiger charge is -2.20. The molecule has 1 unspecified atom stereocenters. The molecular formula is C20H15FN2O3S2. The molecule has 0 saturated carbocycles. The van der Waals surface area contributed by atoms with E-state index < -0.39 is 24.3 Å². The standard InChI is InChI=1S/C20H15FN2O3S2/c21-14-5-1-4-13(10-14)20(25)26-12-19(24)23-16(18-7-3-9-28-18)11-15(22-23)17-6-2-8-27-17/h1-10,16H,11-12H2. The largest absolute Gasteiger partial charge is 0.452 e. The molecule has 0 fully saturated rings. The highest BCUT2D eigenvalue weighted by molar-refractivity contribution is 7.12. The van der Waals surface area contributed by atoms with Gasteiger partial charge in [0.2, 0.25) is 0 Å². The summed E-state index contributed by atoms with van der Waals surface area (Å²) >= 11 is 3.11. The Hall–Kier alpha value is -2.84. The second kappa shape index (κ2) is 8.04. The number of hydrogen-bond donors (Lipinski definition) is 0. The predicted molar refractivity (Wildman–Crippen MR) is 106 cm³/mol. The summed E-state index contributed by atoms with van der Waals surface area (Å²) in [7, 11) is 0. The van der Waals surface area contributed by atoms with E-state index in [9.17, 15) is 14.0 Å². The second-order valence-electron chi connectivity index (χ2n) is 6.08. The van der Waals surface area contributed by atoms with Crippen LogP contribution in [0.4, 0.5) is 4.39 Å². The van der Waals surface area contributed by atoms with Gasteiger partial charge in [0.15, 0.2) is 6.61 Å². The zero-order chi connectivity index (χ0) is 19.5. The molecule has 0 N–H and O–H groups in total. The van der Waals surface area contributed by atoms with Gasteiger partial charge >= 0.3 is 5.97 Å². The first-order valence-electron chi connectivity index (χ1n) is 8.51. The second-order valence-corrected chi connectivity index (χ2v) is 8.01. The molecule has 8 heteroatoms. The maximum absolute atomic E-state index is 13.3. The van der Waals surface area contributed by atoms with Crippen LogP contribution in [0.25, 0.3) is 0 Å². The van der Waals surface area contributed by atoms with E-state index in [2.05, 4.69) is 5.10 Å². The van der Waals surface area contributed by atoms with Crippen LogP contribution in [-0.2, 0) is 9.53 Å². The van der Waals surface area contributed by atoms with Crippen molar-refractivity contribution < 1.29 is 18.7 Å². The number of esters is 1. The monoisotopic (exact) mass is 414 g/mol. The molecule has 1 amide bonds. The van der Waals surface area contributed by atoms with Crippen LogP contribution in [0.2, 0.25) is 0 Å². The van der Waals surface area contributed by atoms with Crippen LogP contribution < -0.4 is 0 Å². The van der Waals surface area contributed by atoms with Gasteiger partial charge in [-0.25, -0.2) is 14.2 Å². The Morgan fingerprint density at radius 3 is 2.68 bits per heavy atom. The van der Waals surface area contributed by atoms with Gasteiger partial charge < -0.3 is 4.74 Å². The van der Waals surface area contributed by atoms with Crippen LogP contribution in [0.1, 0.15) is 32.6 Å². The number of hydrogen-bond acceptors (Lipinski definition) is 6. The smallest absolute Gasteiger partial charge is 0.338 e. The number of carbonyl (C=O) groups excluding carboxylic acids is 2. The number of ether oxygens (including phenoxy) is 1. The van der Waals surface area contributed by atoms with Gasteiger partial charge in [-0.15, -0.1) is 22.7 Å². The molecule has 142 valence electrons. The third kappa shape index (κ3) is 3.88. The van der Waals surface area contributed by atoms with Gasteiger partial charge in [-0.3, -0.25) is 4.79 Å². The lowest BCUT2D eigenvalue weighted by Crippen LogP contribution is -2.31. The van der Waals surface area contributed by atoms with Crippen LogP contribution in [0.15, 0.2) is 64.4 Å². The molecule has 1 aromatic carbocycles. The number of hydrazone groups is 1. The summed E-state index contributed by atoms with van der Waals surface area (Å²) < 4.78 is 18.3. The fourth-order valence-corrected chi connectivity index (χ4v) is 4.46. The first-order chi connectivity index (χ1) is 13.6. The number of thiophene rings is 2. The molecule has 1 aliphatic rings. The fourth-order valence-electron chi connectivity index (χ4n) is 2.93. The van der Waals surface area contributed by atoms with Gasteiger partial charge in [0, 0.05) is 11.3 Å². The predicted octanol–water partition coefficient (Wildman–Crippen LogP) is 4.48. The van der Waals surface area contributed by atoms with E-state index >= 15 is 0 Å². The van der Waals surface area contributed by atoms with E-state index in [0.29, 0.717) is 6.42 Å². The molecule has 5 nitrogen and oxygen atoms in total. The van der Waals surface area contributed by atoms with Crippen LogP contribution in [0, 0.1) is 5.82 Å². The molecule has 0 bridgehead atoms. The minimum atomic E-state index is -0.748. The van der Waals surface area contributed by atoms with Crippen molar-refractivity contribution >= 4 is 40.3 Å². The Morgan fingerprint density at radius 2 is 1.96 bits per heavy atom. The van der Waals surface area contributed by atoms with Crippen LogP contribution in [0.3, 0.4) is 0 Å². The number of benzene rings is 1. The van der Waals surface area contributed by atoms with E-state index in [-0.39, 0.29) is 11.6 Å². The Labute approximate surface area is 168 Å². The molecule has 1 aliphatic heterocycles. The number of rotatable bonds is 5. The maximum atomic E-state index is 13.3. The van der Waals surface area contributed by atoms with Crippen molar-refractivity contribution in [2.45, 2.75) is 12.5 Å². The highest BCUT2D eigenvalue weighted by Gasteiger charge is 2.34. The Morgan fingerprint density at radius 1 is 1.14 bits per heavy atom. The van der Waals surface area contributed by atoms with Gasteiger partial charge in [0.05, 0.1) is 22.2 Å². The first kappa shape index (κ1) is 18.5. The summed E-state index contributed by atoms with van der Waals surface area (Å²) in [5, 5.41) is 9.80. The Bertz CT molecular complexity index is 1020. The van der Waals surface area contributed by atoms with Crippen molar-refractivity contribution in [3.63, 3.8) is 0 Å². The average Bonchev–Trinajstić information content (AvgIpc) is 3.46. The molecule has 0 saturated heterocycles. The molecule has 3 aromatic rings. The summed E-state index contributed by atoms with van der Waals surface area (Å²) in [4.78, 5) is 26.9. The average molecular weight is 414 g/mol. The molecule has 3 heterocycles. The molecule has 4 rings (SSSR count). The molecule has 28 heavy (non-hydrogen) atoms. The molecular weight excluding hydrogens is 399 g/mol. The summed E-state index contributed by atoms with van der Waals surface area (Å²) in [5.41, 5.74) is 0.894. The van der Waals surface area contributed by atoms with Crippen molar-refractivity contribution in [1.29, 1.82) is 0 Å². The minimum Gasteiger partial charge on any atom is -0.452 e. The van der Waals surface area contributed by atoms with Crippen molar-refractivity contribution in [3.8, 4) is 0 Å². The zero-order valence-electron chi connectivity index (χ0n) is 14.6. The summed E-state index contributed by atoms with van der Waals surface area (Å²) in [5.74, 6) is -1.71. The van der Waals surface area contributed by atoms with Crippen LogP contribution in [-0.4, -0.2) is 29.2 Å². The lowest BCUT2D eigenvalue weighted by molar-refractivity contribution is -0.136. The number of amides is 1. The van der Waals surface area contributed by atoms with E-state index in [1.807, 2.05) is 35.0 Å². The summed E-state index contributed by atoms with van der Waals surface area (Å²) in [6, 6.07) is 12.7. The van der Waals surface area contributed by atoms with E-state index in [4.69, 9.17) is 4.74 Å². The molecule has 2 aromatic heterocycles. The van der Waals surface area contributed by atoms with Crippen LogP contribution >= 0.6 is 22.7 Å². The molecule has 0 radical (unpaired) electrons. The normalized spacial score (nSPS) is 16.1. The molecule has 0 spiro atoms. The molecule has 1 atom stereocenters. The third-order valence-electron chi connectivity index (χ3n) is 4.23. The summed E-state index contributed by atoms with van der Waals surface area (Å²) in [6.07, 6.45) is 0.602. The van der Waals surface area contributed by atoms with Crippen molar-refractivity contribution in [2.24, 2.45) is 5.10 Å². The van der Waals surface area contributed by atoms with Gasteiger partial charge in [-0.05, 0) is 41.1 Å². The van der Waals surface area contributed by atoms with Crippen molar-refractivity contribution in [1.82, 2.24) is 5.01 Å². The minimum absolute atomic E-state index is 0.0619. The fraction of sp³-hybridized carbons (Fsp3) is 0.150. The van der Waals surface area contributed by atoms with Gasteiger partial charge in [-0.2, -0.15) is 5.10 Å². The third-order valence-corrected chi connectivity index (χ3v) is 6.12. The zero-order valence-corrected chi connectivity index (χ0v) is 16.2. The van der Waals surface area contributed by atoms with Crippen LogP contribution in [0.5, 0.6) is 0 Å².